The van der Waals surface area contributed by atoms with Gasteiger partial charge in [-0.25, -0.2) is 0 Å². The van der Waals surface area contributed by atoms with Crippen LogP contribution in [0.4, 0.5) is 0 Å². The van der Waals surface area contributed by atoms with Crippen molar-refractivity contribution in [3.05, 3.63) is 0 Å². The van der Waals surface area contributed by atoms with E-state index in [1.165, 1.54) is 57.8 Å². The minimum absolute atomic E-state index is 0.0450. The van der Waals surface area contributed by atoms with E-state index < -0.39 is 5.60 Å². The summed E-state index contributed by atoms with van der Waals surface area (Å²) in [6.45, 7) is 13.5. The largest absolute Gasteiger partial charge is 0.393 e. The molecule has 0 heterocycles. The zero-order valence-electron chi connectivity index (χ0n) is 22.3. The highest BCUT2D eigenvalue weighted by Gasteiger charge is 2.55. The smallest absolute Gasteiger partial charge is 0.0607 e. The molecule has 0 aromatic heterocycles. The number of unbranched alkanes of at least 4 members (excludes halogenated alkanes) is 1. The highest BCUT2D eigenvalue weighted by atomic mass is 16.5. The minimum atomic E-state index is -0.545. The van der Waals surface area contributed by atoms with Crippen LogP contribution in [0.25, 0.3) is 0 Å². The Labute approximate surface area is 199 Å². The molecule has 3 aliphatic rings. The predicted molar refractivity (Wildman–Crippen MR) is 134 cm³/mol. The van der Waals surface area contributed by atoms with Gasteiger partial charge in [-0.1, -0.05) is 53.4 Å². The average Bonchev–Trinajstić information content (AvgIpc) is 2.99. The highest BCUT2D eigenvalue weighted by molar-refractivity contribution is 5.04. The van der Waals surface area contributed by atoms with Crippen LogP contribution in [0, 0.1) is 40.4 Å². The lowest BCUT2D eigenvalue weighted by Gasteiger charge is -2.49. The van der Waals surface area contributed by atoms with Gasteiger partial charge < -0.3 is 14.9 Å². The Morgan fingerprint density at radius 3 is 2.34 bits per heavy atom. The summed E-state index contributed by atoms with van der Waals surface area (Å²) in [6.07, 6.45) is 14.8. The molecule has 0 saturated heterocycles. The van der Waals surface area contributed by atoms with E-state index in [-0.39, 0.29) is 11.5 Å². The van der Waals surface area contributed by atoms with E-state index >= 15 is 0 Å². The second-order valence-electron chi connectivity index (χ2n) is 13.5. The molecule has 8 atom stereocenters. The molecule has 3 rings (SSSR count). The molecule has 2 N–H and O–H groups in total. The number of rotatable bonds is 9. The first-order valence-electron chi connectivity index (χ1n) is 13.8. The average molecular weight is 451 g/mol. The van der Waals surface area contributed by atoms with Crippen LogP contribution >= 0.6 is 0 Å². The van der Waals surface area contributed by atoms with Gasteiger partial charge in [-0.2, -0.15) is 0 Å². The van der Waals surface area contributed by atoms with Gasteiger partial charge in [-0.15, -0.1) is 0 Å². The van der Waals surface area contributed by atoms with Crippen molar-refractivity contribution in [3.63, 3.8) is 0 Å². The first-order chi connectivity index (χ1) is 14.9. The SMILES string of the molecule is COC1CC2[C@H](CCC3C(C)CC[C@H](O)C3(C)C)CCC[C@]2(C)C1CCCCC(C)(C)O. The van der Waals surface area contributed by atoms with E-state index in [9.17, 15) is 10.2 Å². The quantitative estimate of drug-likeness (QED) is 0.372. The maximum Gasteiger partial charge on any atom is 0.0607 e. The molecule has 5 unspecified atom stereocenters. The molecule has 188 valence electrons. The van der Waals surface area contributed by atoms with Gasteiger partial charge in [0.1, 0.15) is 0 Å². The van der Waals surface area contributed by atoms with Crippen molar-refractivity contribution < 1.29 is 14.9 Å². The van der Waals surface area contributed by atoms with Gasteiger partial charge >= 0.3 is 0 Å². The van der Waals surface area contributed by atoms with Crippen LogP contribution in [0.2, 0.25) is 0 Å². The molecule has 0 amide bonds. The summed E-state index contributed by atoms with van der Waals surface area (Å²) in [5.74, 6) is 3.62. The molecule has 32 heavy (non-hydrogen) atoms. The van der Waals surface area contributed by atoms with Crippen molar-refractivity contribution in [1.29, 1.82) is 0 Å². The zero-order chi connectivity index (χ0) is 23.7. The van der Waals surface area contributed by atoms with Crippen LogP contribution in [0.3, 0.4) is 0 Å². The Morgan fingerprint density at radius 1 is 0.969 bits per heavy atom. The van der Waals surface area contributed by atoms with E-state index in [4.69, 9.17) is 4.74 Å². The van der Waals surface area contributed by atoms with Gasteiger partial charge in [0.25, 0.3) is 0 Å². The van der Waals surface area contributed by atoms with Crippen molar-refractivity contribution in [2.24, 2.45) is 40.4 Å². The van der Waals surface area contributed by atoms with E-state index in [2.05, 4.69) is 27.7 Å². The first kappa shape index (κ1) is 26.5. The number of fused-ring (bicyclic) bond motifs is 1. The van der Waals surface area contributed by atoms with Gasteiger partial charge in [0, 0.05) is 7.11 Å². The minimum Gasteiger partial charge on any atom is -0.393 e. The third kappa shape index (κ3) is 5.57. The summed E-state index contributed by atoms with van der Waals surface area (Å²) in [7, 11) is 1.93. The van der Waals surface area contributed by atoms with Crippen LogP contribution < -0.4 is 0 Å². The van der Waals surface area contributed by atoms with Gasteiger partial charge in [-0.05, 0) is 106 Å². The fourth-order valence-corrected chi connectivity index (χ4v) is 8.50. The van der Waals surface area contributed by atoms with Crippen LogP contribution in [0.15, 0.2) is 0 Å². The Kier molecular flexibility index (Phi) is 8.48. The standard InChI is InChI=1S/C29H54O3/c1-20-13-16-26(30)28(4,5)22(20)15-14-21-11-10-18-29(6)23(25(32-7)19-24(21)29)12-8-9-17-27(2,3)31/h20-26,30-31H,8-19H2,1-7H3/t20?,21-,22?,23?,24?,25?,26-,29+/m0/s1. The summed E-state index contributed by atoms with van der Waals surface area (Å²) in [5, 5.41) is 20.8. The fourth-order valence-electron chi connectivity index (χ4n) is 8.50. The number of ether oxygens (including phenoxy) is 1. The number of methoxy groups -OCH3 is 1. The Morgan fingerprint density at radius 2 is 1.69 bits per heavy atom. The maximum absolute atomic E-state index is 10.7. The number of hydrogen-bond acceptors (Lipinski definition) is 3. The van der Waals surface area contributed by atoms with E-state index in [0.717, 1.165) is 37.0 Å². The summed E-state index contributed by atoms with van der Waals surface area (Å²) in [4.78, 5) is 0. The van der Waals surface area contributed by atoms with E-state index in [1.807, 2.05) is 21.0 Å². The molecule has 0 aromatic carbocycles. The highest BCUT2D eigenvalue weighted by Crippen LogP contribution is 2.60. The molecular formula is C29H54O3. The zero-order valence-corrected chi connectivity index (χ0v) is 22.3. The topological polar surface area (TPSA) is 49.7 Å². The summed E-state index contributed by atoms with van der Waals surface area (Å²) >= 11 is 0. The predicted octanol–water partition coefficient (Wildman–Crippen LogP) is 6.99. The van der Waals surface area contributed by atoms with E-state index in [1.54, 1.807) is 0 Å². The van der Waals surface area contributed by atoms with Crippen LogP contribution in [-0.2, 0) is 4.74 Å². The lowest BCUT2D eigenvalue weighted by molar-refractivity contribution is -0.0614. The molecule has 3 fully saturated rings. The fraction of sp³-hybridized carbons (Fsp3) is 1.00. The lowest BCUT2D eigenvalue weighted by atomic mass is 9.57. The van der Waals surface area contributed by atoms with Crippen LogP contribution in [0.1, 0.15) is 119 Å². The third-order valence-corrected chi connectivity index (χ3v) is 10.6. The summed E-state index contributed by atoms with van der Waals surface area (Å²) in [5.41, 5.74) is -0.0920. The van der Waals surface area contributed by atoms with Crippen LogP contribution in [-0.4, -0.2) is 35.1 Å². The lowest BCUT2D eigenvalue weighted by Crippen LogP contribution is -2.44. The molecule has 3 heteroatoms. The summed E-state index contributed by atoms with van der Waals surface area (Å²) in [6, 6.07) is 0. The van der Waals surface area contributed by atoms with Gasteiger partial charge in [0.15, 0.2) is 0 Å². The molecule has 3 nitrogen and oxygen atoms in total. The normalized spacial score (nSPS) is 42.1. The van der Waals surface area contributed by atoms with Crippen molar-refractivity contribution >= 4 is 0 Å². The molecule has 0 spiro atoms. The molecule has 0 aromatic rings. The Hall–Kier alpha value is -0.120. The van der Waals surface area contributed by atoms with Gasteiger partial charge in [0.05, 0.1) is 17.8 Å². The van der Waals surface area contributed by atoms with Crippen molar-refractivity contribution in [2.45, 2.75) is 136 Å². The van der Waals surface area contributed by atoms with Crippen molar-refractivity contribution in [3.8, 4) is 0 Å². The molecule has 0 radical (unpaired) electrons. The Balaban J connectivity index is 1.64. The van der Waals surface area contributed by atoms with Crippen molar-refractivity contribution in [1.82, 2.24) is 0 Å². The first-order valence-corrected chi connectivity index (χ1v) is 13.8. The molecule has 0 aliphatic heterocycles. The van der Waals surface area contributed by atoms with Gasteiger partial charge in [-0.3, -0.25) is 0 Å². The molecule has 3 aliphatic carbocycles. The molecular weight excluding hydrogens is 396 g/mol. The molecule has 3 saturated carbocycles. The second-order valence-corrected chi connectivity index (χ2v) is 13.5. The number of aliphatic hydroxyl groups excluding tert-OH is 1. The second kappa shape index (κ2) is 10.2. The molecule has 0 bridgehead atoms. The van der Waals surface area contributed by atoms with Crippen molar-refractivity contribution in [2.75, 3.05) is 7.11 Å². The number of aliphatic hydroxyl groups is 2. The Bertz CT molecular complexity index is 594. The van der Waals surface area contributed by atoms with E-state index in [0.29, 0.717) is 23.4 Å². The third-order valence-electron chi connectivity index (χ3n) is 10.6. The summed E-state index contributed by atoms with van der Waals surface area (Å²) < 4.78 is 6.10. The monoisotopic (exact) mass is 450 g/mol. The maximum atomic E-state index is 10.7. The van der Waals surface area contributed by atoms with Crippen LogP contribution in [0.5, 0.6) is 0 Å². The van der Waals surface area contributed by atoms with Gasteiger partial charge in [0.2, 0.25) is 0 Å². The number of hydrogen-bond donors (Lipinski definition) is 2.